The zero-order valence-electron chi connectivity index (χ0n) is 12.7. The molecule has 1 fully saturated rings. The average Bonchev–Trinajstić information content (AvgIpc) is 2.44. The maximum Gasteiger partial charge on any atom is 0.108 e. The minimum absolute atomic E-state index is 0.309. The third-order valence-electron chi connectivity index (χ3n) is 4.10. The fourth-order valence-corrected chi connectivity index (χ4v) is 3.12. The Bertz CT molecular complexity index is 286. The lowest BCUT2D eigenvalue weighted by atomic mass is 9.79. The van der Waals surface area contributed by atoms with Crippen LogP contribution in [0.2, 0.25) is 0 Å². The molecule has 0 heterocycles. The van der Waals surface area contributed by atoms with Crippen molar-refractivity contribution in [3.63, 3.8) is 0 Å². The van der Waals surface area contributed by atoms with E-state index in [1.165, 1.54) is 6.42 Å². The third kappa shape index (κ3) is 4.76. The van der Waals surface area contributed by atoms with Gasteiger partial charge < -0.3 is 4.74 Å². The Morgan fingerprint density at radius 2 is 2.21 bits per heavy atom. The van der Waals surface area contributed by atoms with Crippen LogP contribution >= 0.6 is 0 Å². The van der Waals surface area contributed by atoms with Gasteiger partial charge in [-0.1, -0.05) is 13.8 Å². The summed E-state index contributed by atoms with van der Waals surface area (Å²) in [4.78, 5) is 2.47. The highest BCUT2D eigenvalue weighted by atomic mass is 16.5. The first-order chi connectivity index (χ1) is 9.21. The molecule has 0 aromatic rings. The summed E-state index contributed by atoms with van der Waals surface area (Å²) in [5.74, 6) is 0. The first kappa shape index (κ1) is 16.4. The third-order valence-corrected chi connectivity index (χ3v) is 4.10. The van der Waals surface area contributed by atoms with Gasteiger partial charge in [-0.25, -0.2) is 0 Å². The summed E-state index contributed by atoms with van der Waals surface area (Å²) in [6, 6.07) is 3.04. The molecule has 4 heteroatoms. The molecule has 2 unspecified atom stereocenters. The van der Waals surface area contributed by atoms with Gasteiger partial charge in [0.1, 0.15) is 5.54 Å². The summed E-state index contributed by atoms with van der Waals surface area (Å²) >= 11 is 0. The Balaban J connectivity index is 2.58. The fraction of sp³-hybridized carbons (Fsp3) is 0.933. The maximum absolute atomic E-state index is 9.50. The summed E-state index contributed by atoms with van der Waals surface area (Å²) in [6.07, 6.45) is 4.26. The van der Waals surface area contributed by atoms with Gasteiger partial charge >= 0.3 is 0 Å². The number of hydrogen-bond acceptors (Lipinski definition) is 4. The number of ether oxygens (including phenoxy) is 1. The van der Waals surface area contributed by atoms with Crippen LogP contribution in [0.4, 0.5) is 0 Å². The predicted octanol–water partition coefficient (Wildman–Crippen LogP) is 2.16. The second kappa shape index (κ2) is 8.52. The smallest absolute Gasteiger partial charge is 0.108 e. The molecular formula is C15H29N3O. The second-order valence-electron chi connectivity index (χ2n) is 5.30. The molecule has 1 saturated carbocycles. The summed E-state index contributed by atoms with van der Waals surface area (Å²) in [5.41, 5.74) is -0.309. The molecule has 4 nitrogen and oxygen atoms in total. The van der Waals surface area contributed by atoms with Crippen LogP contribution in [0.3, 0.4) is 0 Å². The molecule has 1 N–H and O–H groups in total. The van der Waals surface area contributed by atoms with Gasteiger partial charge in [0.25, 0.3) is 0 Å². The van der Waals surface area contributed by atoms with Crippen LogP contribution in [-0.2, 0) is 4.74 Å². The Kier molecular flexibility index (Phi) is 7.37. The normalized spacial score (nSPS) is 27.4. The zero-order chi connectivity index (χ0) is 14.1. The molecule has 110 valence electrons. The van der Waals surface area contributed by atoms with Crippen molar-refractivity contribution >= 4 is 0 Å². The van der Waals surface area contributed by atoms with Gasteiger partial charge in [-0.05, 0) is 45.7 Å². The Labute approximate surface area is 118 Å². The SMILES string of the molecule is CCNC1(C#N)CCCC(N(CC)CCOCC)C1. The molecule has 0 aromatic heterocycles. The minimum Gasteiger partial charge on any atom is -0.380 e. The molecule has 1 aliphatic rings. The van der Waals surface area contributed by atoms with Crippen molar-refractivity contribution in [1.29, 1.82) is 5.26 Å². The number of nitriles is 1. The minimum atomic E-state index is -0.309. The van der Waals surface area contributed by atoms with E-state index in [1.807, 2.05) is 6.92 Å². The summed E-state index contributed by atoms with van der Waals surface area (Å²) in [7, 11) is 0. The zero-order valence-corrected chi connectivity index (χ0v) is 12.7. The molecule has 0 saturated heterocycles. The molecule has 19 heavy (non-hydrogen) atoms. The van der Waals surface area contributed by atoms with E-state index in [1.54, 1.807) is 0 Å². The molecule has 0 aliphatic heterocycles. The van der Waals surface area contributed by atoms with Crippen LogP contribution in [0, 0.1) is 11.3 Å². The molecular weight excluding hydrogens is 238 g/mol. The fourth-order valence-electron chi connectivity index (χ4n) is 3.12. The van der Waals surface area contributed by atoms with Crippen molar-refractivity contribution in [3.8, 4) is 6.07 Å². The van der Waals surface area contributed by atoms with E-state index >= 15 is 0 Å². The standard InChI is InChI=1S/C15H29N3O/c1-4-17-15(13-16)9-7-8-14(12-15)18(5-2)10-11-19-6-3/h14,17H,4-12H2,1-3H3. The van der Waals surface area contributed by atoms with E-state index in [9.17, 15) is 5.26 Å². The van der Waals surface area contributed by atoms with E-state index in [2.05, 4.69) is 30.1 Å². The Morgan fingerprint density at radius 3 is 2.79 bits per heavy atom. The van der Waals surface area contributed by atoms with Crippen LogP contribution in [0.25, 0.3) is 0 Å². The Hall–Kier alpha value is -0.630. The van der Waals surface area contributed by atoms with E-state index in [0.29, 0.717) is 6.04 Å². The largest absolute Gasteiger partial charge is 0.380 e. The van der Waals surface area contributed by atoms with Gasteiger partial charge in [-0.15, -0.1) is 0 Å². The number of likely N-dealkylation sites (N-methyl/N-ethyl adjacent to an activating group) is 1. The van der Waals surface area contributed by atoms with Gasteiger partial charge in [0, 0.05) is 19.2 Å². The van der Waals surface area contributed by atoms with Crippen molar-refractivity contribution < 1.29 is 4.74 Å². The van der Waals surface area contributed by atoms with Crippen molar-refractivity contribution in [1.82, 2.24) is 10.2 Å². The first-order valence-corrected chi connectivity index (χ1v) is 7.69. The molecule has 2 atom stereocenters. The Morgan fingerprint density at radius 1 is 1.42 bits per heavy atom. The van der Waals surface area contributed by atoms with E-state index in [0.717, 1.165) is 52.1 Å². The number of nitrogens with zero attached hydrogens (tertiary/aromatic N) is 2. The van der Waals surface area contributed by atoms with Gasteiger partial charge in [-0.3, -0.25) is 10.2 Å². The average molecular weight is 267 g/mol. The number of nitrogens with one attached hydrogen (secondary N) is 1. The van der Waals surface area contributed by atoms with Gasteiger partial charge in [0.2, 0.25) is 0 Å². The number of hydrogen-bond donors (Lipinski definition) is 1. The first-order valence-electron chi connectivity index (χ1n) is 7.69. The van der Waals surface area contributed by atoms with E-state index < -0.39 is 0 Å². The quantitative estimate of drug-likeness (QED) is 0.685. The predicted molar refractivity (Wildman–Crippen MR) is 78.0 cm³/mol. The molecule has 0 radical (unpaired) electrons. The van der Waals surface area contributed by atoms with Crippen molar-refractivity contribution in [2.45, 2.75) is 58.0 Å². The highest BCUT2D eigenvalue weighted by molar-refractivity contribution is 5.11. The van der Waals surface area contributed by atoms with Crippen LogP contribution < -0.4 is 5.32 Å². The van der Waals surface area contributed by atoms with Gasteiger partial charge in [-0.2, -0.15) is 5.26 Å². The summed E-state index contributed by atoms with van der Waals surface area (Å²) < 4.78 is 5.46. The van der Waals surface area contributed by atoms with E-state index in [-0.39, 0.29) is 5.54 Å². The lowest BCUT2D eigenvalue weighted by Gasteiger charge is -2.41. The molecule has 1 rings (SSSR count). The van der Waals surface area contributed by atoms with Crippen LogP contribution in [-0.4, -0.2) is 49.3 Å². The molecule has 0 bridgehead atoms. The van der Waals surface area contributed by atoms with Crippen molar-refractivity contribution in [2.75, 3.05) is 32.8 Å². The highest BCUT2D eigenvalue weighted by Crippen LogP contribution is 2.30. The lowest BCUT2D eigenvalue weighted by molar-refractivity contribution is 0.0730. The van der Waals surface area contributed by atoms with Gasteiger partial charge in [0.05, 0.1) is 12.7 Å². The maximum atomic E-state index is 9.50. The number of rotatable bonds is 8. The highest BCUT2D eigenvalue weighted by Gasteiger charge is 2.37. The topological polar surface area (TPSA) is 48.3 Å². The molecule has 0 spiro atoms. The van der Waals surface area contributed by atoms with Crippen LogP contribution in [0.1, 0.15) is 46.5 Å². The molecule has 0 amide bonds. The summed E-state index contributed by atoms with van der Waals surface area (Å²) in [5, 5.41) is 12.9. The second-order valence-corrected chi connectivity index (χ2v) is 5.30. The van der Waals surface area contributed by atoms with Crippen LogP contribution in [0.15, 0.2) is 0 Å². The molecule has 0 aromatic carbocycles. The van der Waals surface area contributed by atoms with Crippen molar-refractivity contribution in [3.05, 3.63) is 0 Å². The molecule has 1 aliphatic carbocycles. The van der Waals surface area contributed by atoms with Crippen molar-refractivity contribution in [2.24, 2.45) is 0 Å². The van der Waals surface area contributed by atoms with E-state index in [4.69, 9.17) is 4.74 Å². The summed E-state index contributed by atoms with van der Waals surface area (Å²) in [6.45, 7) is 10.8. The van der Waals surface area contributed by atoms with Gasteiger partial charge in [0.15, 0.2) is 0 Å². The monoisotopic (exact) mass is 267 g/mol. The van der Waals surface area contributed by atoms with Crippen LogP contribution in [0.5, 0.6) is 0 Å². The lowest BCUT2D eigenvalue weighted by Crippen LogP contribution is -2.53.